The molecule has 0 radical (unpaired) electrons. The second-order valence-corrected chi connectivity index (χ2v) is 8.34. The Hall–Kier alpha value is -0.940. The molecule has 0 unspecified atom stereocenters. The van der Waals surface area contributed by atoms with Crippen LogP contribution in [0.4, 0.5) is 4.39 Å². The van der Waals surface area contributed by atoms with Gasteiger partial charge in [-0.2, -0.15) is 0 Å². The molecule has 0 saturated heterocycles. The molecule has 116 valence electrons. The molecule has 0 spiro atoms. The maximum absolute atomic E-state index is 13.1. The van der Waals surface area contributed by atoms with Gasteiger partial charge in [-0.25, -0.2) is 17.5 Å². The number of sulfonamides is 1. The van der Waals surface area contributed by atoms with Crippen LogP contribution in [0, 0.1) is 30.5 Å². The fourth-order valence-electron chi connectivity index (χ4n) is 4.22. The quantitative estimate of drug-likeness (QED) is 0.928. The third kappa shape index (κ3) is 2.86. The number of hydrogen-bond acceptors (Lipinski definition) is 2. The lowest BCUT2D eigenvalue weighted by atomic mass is 9.84. The average Bonchev–Trinajstić information content (AvgIpc) is 2.99. The van der Waals surface area contributed by atoms with Crippen LogP contribution in [-0.4, -0.2) is 14.5 Å². The zero-order chi connectivity index (χ0) is 15.2. The topological polar surface area (TPSA) is 46.2 Å². The summed E-state index contributed by atoms with van der Waals surface area (Å²) in [7, 11) is -3.58. The molecule has 1 N–H and O–H groups in total. The highest BCUT2D eigenvalue weighted by Crippen LogP contribution is 2.49. The molecule has 2 aliphatic carbocycles. The minimum Gasteiger partial charge on any atom is -0.208 e. The van der Waals surface area contributed by atoms with Crippen molar-refractivity contribution in [2.75, 3.05) is 0 Å². The molecule has 0 aromatic heterocycles. The number of nitrogens with one attached hydrogen (secondary N) is 1. The van der Waals surface area contributed by atoms with E-state index in [0.717, 1.165) is 12.3 Å². The Kier molecular flexibility index (Phi) is 3.82. The van der Waals surface area contributed by atoms with E-state index in [1.807, 2.05) is 6.92 Å². The van der Waals surface area contributed by atoms with Crippen LogP contribution in [0.15, 0.2) is 23.1 Å². The smallest absolute Gasteiger partial charge is 0.208 e. The summed E-state index contributed by atoms with van der Waals surface area (Å²) in [6.07, 6.45) is 4.93. The second kappa shape index (κ2) is 5.36. The standard InChI is InChI=1S/C16H22FNO2S/c1-10-7-14(17)5-6-16(10)21(19,20)18-11(2)15-9-12-3-4-13(15)8-12/h5-7,11-13,15,18H,3-4,8-9H2,1-2H3/t11-,12-,13-,15-/m0/s1. The van der Waals surface area contributed by atoms with Crippen LogP contribution in [-0.2, 0) is 10.0 Å². The molecule has 1 aromatic carbocycles. The van der Waals surface area contributed by atoms with Gasteiger partial charge >= 0.3 is 0 Å². The predicted octanol–water partition coefficient (Wildman–Crippen LogP) is 3.24. The molecule has 2 aliphatic rings. The first kappa shape index (κ1) is 15.0. The Morgan fingerprint density at radius 2 is 2.05 bits per heavy atom. The second-order valence-electron chi connectivity index (χ2n) is 6.66. The molecule has 5 heteroatoms. The van der Waals surface area contributed by atoms with E-state index in [0.29, 0.717) is 17.4 Å². The van der Waals surface area contributed by atoms with Gasteiger partial charge in [-0.3, -0.25) is 0 Å². The Labute approximate surface area is 126 Å². The van der Waals surface area contributed by atoms with Crippen LogP contribution in [0.2, 0.25) is 0 Å². The lowest BCUT2D eigenvalue weighted by Crippen LogP contribution is -2.40. The van der Waals surface area contributed by atoms with Gasteiger partial charge in [-0.15, -0.1) is 0 Å². The van der Waals surface area contributed by atoms with Crippen LogP contribution >= 0.6 is 0 Å². The monoisotopic (exact) mass is 311 g/mol. The zero-order valence-electron chi connectivity index (χ0n) is 12.5. The maximum Gasteiger partial charge on any atom is 0.241 e. The first-order valence-electron chi connectivity index (χ1n) is 7.65. The fourth-order valence-corrected chi connectivity index (χ4v) is 5.74. The highest BCUT2D eigenvalue weighted by atomic mass is 32.2. The van der Waals surface area contributed by atoms with E-state index >= 15 is 0 Å². The molecule has 0 aliphatic heterocycles. The van der Waals surface area contributed by atoms with Crippen molar-refractivity contribution in [2.24, 2.45) is 17.8 Å². The highest BCUT2D eigenvalue weighted by Gasteiger charge is 2.42. The van der Waals surface area contributed by atoms with Crippen molar-refractivity contribution >= 4 is 10.0 Å². The summed E-state index contributed by atoms with van der Waals surface area (Å²) < 4.78 is 40.9. The maximum atomic E-state index is 13.1. The number of rotatable bonds is 4. The van der Waals surface area contributed by atoms with Crippen LogP contribution in [0.1, 0.15) is 38.2 Å². The largest absolute Gasteiger partial charge is 0.241 e. The summed E-state index contributed by atoms with van der Waals surface area (Å²) in [5.41, 5.74) is 0.447. The SMILES string of the molecule is Cc1cc(F)ccc1S(=O)(=O)N[C@@H](C)[C@@H]1C[C@H]2CC[C@H]1C2. The van der Waals surface area contributed by atoms with Crippen LogP contribution in [0.25, 0.3) is 0 Å². The third-order valence-corrected chi connectivity index (χ3v) is 6.92. The molecule has 3 nitrogen and oxygen atoms in total. The van der Waals surface area contributed by atoms with E-state index < -0.39 is 15.8 Å². The molecule has 3 rings (SSSR count). The van der Waals surface area contributed by atoms with E-state index in [1.165, 1.54) is 37.5 Å². The van der Waals surface area contributed by atoms with E-state index in [1.54, 1.807) is 6.92 Å². The molecule has 4 atom stereocenters. The molecule has 2 fully saturated rings. The van der Waals surface area contributed by atoms with Crippen molar-refractivity contribution in [3.63, 3.8) is 0 Å². The van der Waals surface area contributed by atoms with E-state index in [4.69, 9.17) is 0 Å². The van der Waals surface area contributed by atoms with E-state index in [9.17, 15) is 12.8 Å². The summed E-state index contributed by atoms with van der Waals surface area (Å²) in [5.74, 6) is 1.49. The first-order chi connectivity index (χ1) is 9.87. The van der Waals surface area contributed by atoms with Crippen molar-refractivity contribution in [1.29, 1.82) is 0 Å². The minimum absolute atomic E-state index is 0.0604. The number of halogens is 1. The first-order valence-corrected chi connectivity index (χ1v) is 9.13. The minimum atomic E-state index is -3.58. The number of hydrogen-bond donors (Lipinski definition) is 1. The average molecular weight is 311 g/mol. The van der Waals surface area contributed by atoms with Crippen molar-refractivity contribution in [3.8, 4) is 0 Å². The number of benzene rings is 1. The summed E-state index contributed by atoms with van der Waals surface area (Å²) in [4.78, 5) is 0.180. The molecule has 0 heterocycles. The lowest BCUT2D eigenvalue weighted by molar-refractivity contribution is 0.280. The van der Waals surface area contributed by atoms with Gasteiger partial charge < -0.3 is 0 Å². The molecule has 21 heavy (non-hydrogen) atoms. The normalized spacial score (nSPS) is 29.8. The van der Waals surface area contributed by atoms with Gasteiger partial charge in [0.15, 0.2) is 0 Å². The molecule has 2 bridgehead atoms. The highest BCUT2D eigenvalue weighted by molar-refractivity contribution is 7.89. The fraction of sp³-hybridized carbons (Fsp3) is 0.625. The van der Waals surface area contributed by atoms with Crippen molar-refractivity contribution < 1.29 is 12.8 Å². The van der Waals surface area contributed by atoms with Crippen molar-refractivity contribution in [3.05, 3.63) is 29.6 Å². The van der Waals surface area contributed by atoms with E-state index in [-0.39, 0.29) is 10.9 Å². The Bertz CT molecular complexity index is 644. The summed E-state index contributed by atoms with van der Waals surface area (Å²) in [6.45, 7) is 3.58. The van der Waals surface area contributed by atoms with Crippen LogP contribution in [0.5, 0.6) is 0 Å². The Balaban J connectivity index is 1.76. The summed E-state index contributed by atoms with van der Waals surface area (Å²) in [5, 5.41) is 0. The van der Waals surface area contributed by atoms with Gasteiger partial charge in [0.2, 0.25) is 10.0 Å². The van der Waals surface area contributed by atoms with Gasteiger partial charge in [0.05, 0.1) is 4.90 Å². The van der Waals surface area contributed by atoms with Crippen LogP contribution < -0.4 is 4.72 Å². The Morgan fingerprint density at radius 3 is 2.62 bits per heavy atom. The van der Waals surface area contributed by atoms with Crippen molar-refractivity contribution in [1.82, 2.24) is 4.72 Å². The lowest BCUT2D eigenvalue weighted by Gasteiger charge is -2.28. The van der Waals surface area contributed by atoms with Gasteiger partial charge in [0.1, 0.15) is 5.82 Å². The number of fused-ring (bicyclic) bond motifs is 2. The Morgan fingerprint density at radius 1 is 1.29 bits per heavy atom. The summed E-state index contributed by atoms with van der Waals surface area (Å²) in [6, 6.07) is 3.75. The van der Waals surface area contributed by atoms with Crippen LogP contribution in [0.3, 0.4) is 0 Å². The molecular weight excluding hydrogens is 289 g/mol. The molecular formula is C16H22FNO2S. The van der Waals surface area contributed by atoms with Gasteiger partial charge in [-0.1, -0.05) is 6.42 Å². The molecule has 0 amide bonds. The zero-order valence-corrected chi connectivity index (χ0v) is 13.3. The van der Waals surface area contributed by atoms with Crippen molar-refractivity contribution in [2.45, 2.75) is 50.5 Å². The van der Waals surface area contributed by atoms with Gasteiger partial charge in [0.25, 0.3) is 0 Å². The number of aryl methyl sites for hydroxylation is 1. The predicted molar refractivity (Wildman–Crippen MR) is 79.9 cm³/mol. The molecule has 2 saturated carbocycles. The van der Waals surface area contributed by atoms with Gasteiger partial charge in [-0.05, 0) is 74.6 Å². The van der Waals surface area contributed by atoms with Gasteiger partial charge in [0, 0.05) is 6.04 Å². The third-order valence-electron chi connectivity index (χ3n) is 5.20. The van der Waals surface area contributed by atoms with E-state index in [2.05, 4.69) is 4.72 Å². The molecule has 1 aromatic rings. The summed E-state index contributed by atoms with van der Waals surface area (Å²) >= 11 is 0.